The minimum atomic E-state index is 0.00102. The second kappa shape index (κ2) is 5.48. The van der Waals surface area contributed by atoms with Crippen LogP contribution in [0.5, 0.6) is 0 Å². The Morgan fingerprint density at radius 2 is 2.39 bits per heavy atom. The number of carbonyl (C=O) groups is 1. The minimum absolute atomic E-state index is 0.00102. The maximum atomic E-state index is 12.0. The molecule has 0 radical (unpaired) electrons. The number of pyridine rings is 1. The SMILES string of the molecule is C[C@H](NC(=O)CC1(CN)CCC1)c1cccnc1. The van der Waals surface area contributed by atoms with Gasteiger partial charge in [0.2, 0.25) is 5.91 Å². The smallest absolute Gasteiger partial charge is 0.221 e. The second-order valence-electron chi connectivity index (χ2n) is 5.31. The first-order valence-corrected chi connectivity index (χ1v) is 6.55. The quantitative estimate of drug-likeness (QED) is 0.833. The summed E-state index contributed by atoms with van der Waals surface area (Å²) in [5.41, 5.74) is 6.87. The second-order valence-corrected chi connectivity index (χ2v) is 5.31. The van der Waals surface area contributed by atoms with Crippen LogP contribution < -0.4 is 11.1 Å². The molecule has 1 aliphatic rings. The molecule has 1 heterocycles. The van der Waals surface area contributed by atoms with Gasteiger partial charge in [0, 0.05) is 18.8 Å². The molecule has 0 saturated heterocycles. The van der Waals surface area contributed by atoms with Crippen molar-refractivity contribution < 1.29 is 4.79 Å². The van der Waals surface area contributed by atoms with Crippen LogP contribution in [0.15, 0.2) is 24.5 Å². The van der Waals surface area contributed by atoms with Gasteiger partial charge in [-0.05, 0) is 43.4 Å². The predicted molar refractivity (Wildman–Crippen MR) is 70.8 cm³/mol. The highest BCUT2D eigenvalue weighted by atomic mass is 16.1. The average Bonchev–Trinajstić information content (AvgIpc) is 2.35. The molecule has 1 amide bonds. The Balaban J connectivity index is 1.88. The number of carbonyl (C=O) groups excluding carboxylic acids is 1. The van der Waals surface area contributed by atoms with Crippen LogP contribution in [0.25, 0.3) is 0 Å². The van der Waals surface area contributed by atoms with Crippen molar-refractivity contribution >= 4 is 5.91 Å². The fraction of sp³-hybridized carbons (Fsp3) is 0.571. The molecule has 0 spiro atoms. The summed E-state index contributed by atoms with van der Waals surface area (Å²) in [6.45, 7) is 2.59. The van der Waals surface area contributed by atoms with E-state index in [4.69, 9.17) is 5.73 Å². The fourth-order valence-electron chi connectivity index (χ4n) is 2.48. The van der Waals surface area contributed by atoms with Crippen molar-refractivity contribution in [3.05, 3.63) is 30.1 Å². The van der Waals surface area contributed by atoms with Gasteiger partial charge in [-0.25, -0.2) is 0 Å². The van der Waals surface area contributed by atoms with E-state index in [2.05, 4.69) is 10.3 Å². The van der Waals surface area contributed by atoms with Gasteiger partial charge >= 0.3 is 0 Å². The maximum absolute atomic E-state index is 12.0. The third-order valence-electron chi connectivity index (χ3n) is 3.94. The lowest BCUT2D eigenvalue weighted by Crippen LogP contribution is -2.42. The highest BCUT2D eigenvalue weighted by Gasteiger charge is 2.37. The summed E-state index contributed by atoms with van der Waals surface area (Å²) in [5.74, 6) is 0.0940. The molecule has 0 bridgehead atoms. The van der Waals surface area contributed by atoms with E-state index in [0.717, 1.165) is 18.4 Å². The highest BCUT2D eigenvalue weighted by molar-refractivity contribution is 5.77. The lowest BCUT2D eigenvalue weighted by molar-refractivity contribution is -0.125. The molecule has 1 aliphatic carbocycles. The minimum Gasteiger partial charge on any atom is -0.350 e. The first-order chi connectivity index (χ1) is 8.65. The van der Waals surface area contributed by atoms with E-state index >= 15 is 0 Å². The van der Waals surface area contributed by atoms with Gasteiger partial charge in [0.1, 0.15) is 0 Å². The Hall–Kier alpha value is -1.42. The van der Waals surface area contributed by atoms with Crippen LogP contribution >= 0.6 is 0 Å². The number of nitrogens with two attached hydrogens (primary N) is 1. The first-order valence-electron chi connectivity index (χ1n) is 6.55. The summed E-state index contributed by atoms with van der Waals surface area (Å²) < 4.78 is 0. The third-order valence-corrected chi connectivity index (χ3v) is 3.94. The summed E-state index contributed by atoms with van der Waals surface area (Å²) in [5, 5.41) is 3.02. The van der Waals surface area contributed by atoms with Gasteiger partial charge in [0.05, 0.1) is 6.04 Å². The zero-order chi connectivity index (χ0) is 13.0. The van der Waals surface area contributed by atoms with Crippen LogP contribution in [0, 0.1) is 5.41 Å². The summed E-state index contributed by atoms with van der Waals surface area (Å²) in [4.78, 5) is 16.1. The molecule has 1 aromatic heterocycles. The number of hydrogen-bond donors (Lipinski definition) is 2. The fourth-order valence-corrected chi connectivity index (χ4v) is 2.48. The first kappa shape index (κ1) is 13.0. The number of nitrogens with one attached hydrogen (secondary N) is 1. The van der Waals surface area contributed by atoms with E-state index in [1.807, 2.05) is 19.1 Å². The number of aromatic nitrogens is 1. The lowest BCUT2D eigenvalue weighted by atomic mass is 9.66. The molecular formula is C14H21N3O. The van der Waals surface area contributed by atoms with Crippen molar-refractivity contribution in [1.82, 2.24) is 10.3 Å². The summed E-state index contributed by atoms with van der Waals surface area (Å²) in [7, 11) is 0. The number of amides is 1. The summed E-state index contributed by atoms with van der Waals surface area (Å²) in [6.07, 6.45) is 7.43. The Labute approximate surface area is 108 Å². The molecule has 1 fully saturated rings. The molecule has 18 heavy (non-hydrogen) atoms. The topological polar surface area (TPSA) is 68.0 Å². The zero-order valence-electron chi connectivity index (χ0n) is 10.9. The molecule has 98 valence electrons. The molecule has 1 aromatic rings. The van der Waals surface area contributed by atoms with Crippen molar-refractivity contribution in [2.75, 3.05) is 6.54 Å². The molecule has 1 atom stereocenters. The molecular weight excluding hydrogens is 226 g/mol. The van der Waals surface area contributed by atoms with E-state index in [9.17, 15) is 4.79 Å². The number of hydrogen-bond acceptors (Lipinski definition) is 3. The van der Waals surface area contributed by atoms with Crippen LogP contribution in [0.1, 0.15) is 44.2 Å². The van der Waals surface area contributed by atoms with E-state index in [1.165, 1.54) is 6.42 Å². The summed E-state index contributed by atoms with van der Waals surface area (Å²) >= 11 is 0. The van der Waals surface area contributed by atoms with Gasteiger partial charge in [-0.15, -0.1) is 0 Å². The van der Waals surface area contributed by atoms with E-state index < -0.39 is 0 Å². The van der Waals surface area contributed by atoms with Crippen molar-refractivity contribution in [2.45, 2.75) is 38.6 Å². The Morgan fingerprint density at radius 1 is 1.61 bits per heavy atom. The maximum Gasteiger partial charge on any atom is 0.221 e. The zero-order valence-corrected chi connectivity index (χ0v) is 10.9. The molecule has 0 unspecified atom stereocenters. The number of nitrogens with zero attached hydrogens (tertiary/aromatic N) is 1. The van der Waals surface area contributed by atoms with Gasteiger partial charge in [0.25, 0.3) is 0 Å². The standard InChI is InChI=1S/C14H21N3O/c1-11(12-4-2-7-16-9-12)17-13(18)8-14(10-15)5-3-6-14/h2,4,7,9,11H,3,5-6,8,10,15H2,1H3,(H,17,18)/t11-/m0/s1. The van der Waals surface area contributed by atoms with Crippen molar-refractivity contribution in [1.29, 1.82) is 0 Å². The van der Waals surface area contributed by atoms with E-state index in [1.54, 1.807) is 12.4 Å². The van der Waals surface area contributed by atoms with E-state index in [-0.39, 0.29) is 17.4 Å². The molecule has 0 aromatic carbocycles. The molecule has 0 aliphatic heterocycles. The van der Waals surface area contributed by atoms with E-state index in [0.29, 0.717) is 13.0 Å². The van der Waals surface area contributed by atoms with Crippen LogP contribution in [-0.4, -0.2) is 17.4 Å². The molecule has 2 rings (SSSR count). The Kier molecular flexibility index (Phi) is 3.97. The molecule has 3 N–H and O–H groups in total. The largest absolute Gasteiger partial charge is 0.350 e. The lowest BCUT2D eigenvalue weighted by Gasteiger charge is -2.40. The van der Waals surface area contributed by atoms with Crippen LogP contribution in [-0.2, 0) is 4.79 Å². The van der Waals surface area contributed by atoms with Crippen LogP contribution in [0.2, 0.25) is 0 Å². The van der Waals surface area contributed by atoms with Gasteiger partial charge in [-0.1, -0.05) is 12.5 Å². The van der Waals surface area contributed by atoms with Gasteiger partial charge in [-0.2, -0.15) is 0 Å². The van der Waals surface area contributed by atoms with Crippen molar-refractivity contribution in [3.8, 4) is 0 Å². The third kappa shape index (κ3) is 2.88. The van der Waals surface area contributed by atoms with Crippen LogP contribution in [0.4, 0.5) is 0 Å². The molecule has 4 nitrogen and oxygen atoms in total. The van der Waals surface area contributed by atoms with Gasteiger partial charge < -0.3 is 11.1 Å². The number of rotatable bonds is 5. The van der Waals surface area contributed by atoms with Crippen molar-refractivity contribution in [2.24, 2.45) is 11.1 Å². The highest BCUT2D eigenvalue weighted by Crippen LogP contribution is 2.42. The average molecular weight is 247 g/mol. The molecule has 1 saturated carbocycles. The predicted octanol–water partition coefficient (Wildman–Crippen LogP) is 1.78. The summed E-state index contributed by atoms with van der Waals surface area (Å²) in [6, 6.07) is 3.85. The van der Waals surface area contributed by atoms with Crippen LogP contribution in [0.3, 0.4) is 0 Å². The normalized spacial score (nSPS) is 18.8. The van der Waals surface area contributed by atoms with Crippen molar-refractivity contribution in [3.63, 3.8) is 0 Å². The monoisotopic (exact) mass is 247 g/mol. The van der Waals surface area contributed by atoms with Gasteiger partial charge in [-0.3, -0.25) is 9.78 Å². The Bertz CT molecular complexity index is 395. The van der Waals surface area contributed by atoms with Gasteiger partial charge in [0.15, 0.2) is 0 Å². The Morgan fingerprint density at radius 3 is 2.89 bits per heavy atom. The molecule has 4 heteroatoms.